The van der Waals surface area contributed by atoms with E-state index in [-0.39, 0.29) is 37.5 Å². The van der Waals surface area contributed by atoms with Gasteiger partial charge < -0.3 is 14.2 Å². The van der Waals surface area contributed by atoms with Crippen LogP contribution in [0.2, 0.25) is 0 Å². The van der Waals surface area contributed by atoms with Gasteiger partial charge in [0, 0.05) is 19.3 Å². The van der Waals surface area contributed by atoms with Crippen LogP contribution in [0.25, 0.3) is 0 Å². The Morgan fingerprint density at radius 3 is 0.780 bits per heavy atom. The van der Waals surface area contributed by atoms with Crippen molar-refractivity contribution in [3.63, 3.8) is 0 Å². The summed E-state index contributed by atoms with van der Waals surface area (Å²) < 4.78 is 17.0. The van der Waals surface area contributed by atoms with Gasteiger partial charge in [-0.1, -0.05) is 331 Å². The first-order valence-electron chi connectivity index (χ1n) is 35.6. The first-order chi connectivity index (χ1) is 40.5. The standard InChI is InChI=1S/C76H134O6/c1-4-7-10-13-16-19-22-25-28-31-33-34-35-36-37-38-39-40-41-43-45-48-51-54-57-60-63-66-69-75(78)81-72-73(71-80-74(77)68-65-62-59-56-53-50-47-44-30-27-24-21-18-15-12-9-6-3)82-76(79)70-67-64-61-58-55-52-49-46-42-32-29-26-23-20-17-14-11-8-5-2/h8,11,17-18,20-21,26-27,29-30,42,46,52,55,73H,4-7,9-10,12-16,19,22-25,28,31-41,43-45,47-51,53-54,56-72H2,1-3H3/b11-8-,20-17-,21-18-,29-26-,30-27-,46-42-,55-52-. The third-order valence-electron chi connectivity index (χ3n) is 15.6. The zero-order chi connectivity index (χ0) is 59.2. The number of unbranched alkanes of at least 4 members (excludes halogenated alkanes) is 40. The SMILES string of the molecule is CC/C=C\C/C=C\C/C=C\C/C=C\C/C=C\CCCCCC(=O)OC(COC(=O)CCCCCCCCC/C=C\C/C=C\CCCCC)COC(=O)CCCCCCCCCCCCCCCCCCCCCCCCCCCCCC. The molecule has 0 bridgehead atoms. The molecule has 0 aromatic rings. The molecule has 0 aliphatic rings. The van der Waals surface area contributed by atoms with E-state index in [1.54, 1.807) is 0 Å². The number of hydrogen-bond acceptors (Lipinski definition) is 6. The average molecular weight is 1140 g/mol. The zero-order valence-electron chi connectivity index (χ0n) is 54.5. The summed E-state index contributed by atoms with van der Waals surface area (Å²) in [6.45, 7) is 6.52. The van der Waals surface area contributed by atoms with Crippen LogP contribution in [-0.2, 0) is 28.6 Å². The van der Waals surface area contributed by atoms with E-state index < -0.39 is 6.10 Å². The van der Waals surface area contributed by atoms with E-state index in [0.717, 1.165) is 109 Å². The molecule has 6 heteroatoms. The van der Waals surface area contributed by atoms with Crippen LogP contribution >= 0.6 is 0 Å². The fourth-order valence-electron chi connectivity index (χ4n) is 10.3. The molecule has 1 atom stereocenters. The molecule has 0 aromatic carbocycles. The minimum absolute atomic E-state index is 0.0899. The minimum Gasteiger partial charge on any atom is -0.462 e. The van der Waals surface area contributed by atoms with Gasteiger partial charge in [-0.3, -0.25) is 14.4 Å². The molecule has 0 saturated heterocycles. The zero-order valence-corrected chi connectivity index (χ0v) is 54.5. The summed E-state index contributed by atoms with van der Waals surface area (Å²) in [7, 11) is 0. The van der Waals surface area contributed by atoms with E-state index in [0.29, 0.717) is 12.8 Å². The van der Waals surface area contributed by atoms with Crippen LogP contribution in [0.15, 0.2) is 85.1 Å². The first-order valence-corrected chi connectivity index (χ1v) is 35.6. The molecule has 6 nitrogen and oxygen atoms in total. The van der Waals surface area contributed by atoms with Gasteiger partial charge in [-0.2, -0.15) is 0 Å². The Labute approximate surface area is 509 Å². The van der Waals surface area contributed by atoms with Gasteiger partial charge in [-0.25, -0.2) is 0 Å². The number of rotatable bonds is 65. The molecule has 82 heavy (non-hydrogen) atoms. The molecular formula is C76H134O6. The van der Waals surface area contributed by atoms with Crippen LogP contribution in [0.4, 0.5) is 0 Å². The van der Waals surface area contributed by atoms with Crippen molar-refractivity contribution in [1.82, 2.24) is 0 Å². The van der Waals surface area contributed by atoms with Crippen molar-refractivity contribution in [1.29, 1.82) is 0 Å². The maximum Gasteiger partial charge on any atom is 0.306 e. The molecule has 0 aliphatic heterocycles. The second-order valence-electron chi connectivity index (χ2n) is 23.8. The van der Waals surface area contributed by atoms with E-state index in [9.17, 15) is 14.4 Å². The predicted molar refractivity (Wildman–Crippen MR) is 358 cm³/mol. The van der Waals surface area contributed by atoms with Gasteiger partial charge >= 0.3 is 17.9 Å². The van der Waals surface area contributed by atoms with Crippen LogP contribution < -0.4 is 0 Å². The lowest BCUT2D eigenvalue weighted by molar-refractivity contribution is -0.167. The Morgan fingerprint density at radius 1 is 0.256 bits per heavy atom. The lowest BCUT2D eigenvalue weighted by atomic mass is 10.0. The number of carbonyl (C=O) groups excluding carboxylic acids is 3. The monoisotopic (exact) mass is 1140 g/mol. The lowest BCUT2D eigenvalue weighted by Gasteiger charge is -2.18. The van der Waals surface area contributed by atoms with E-state index >= 15 is 0 Å². The normalized spacial score (nSPS) is 12.6. The van der Waals surface area contributed by atoms with Gasteiger partial charge in [0.15, 0.2) is 6.10 Å². The smallest absolute Gasteiger partial charge is 0.306 e. The molecule has 0 amide bonds. The summed E-state index contributed by atoms with van der Waals surface area (Å²) in [5.74, 6) is -0.912. The molecule has 0 saturated carbocycles. The third-order valence-corrected chi connectivity index (χ3v) is 15.6. The molecule has 474 valence electrons. The Bertz CT molecular complexity index is 1550. The summed E-state index contributed by atoms with van der Waals surface area (Å²) in [5, 5.41) is 0. The van der Waals surface area contributed by atoms with E-state index in [2.05, 4.69) is 106 Å². The van der Waals surface area contributed by atoms with E-state index in [1.807, 2.05) is 0 Å². The average Bonchev–Trinajstić information content (AvgIpc) is 3.47. The first kappa shape index (κ1) is 78.6. The van der Waals surface area contributed by atoms with E-state index in [1.165, 1.54) is 212 Å². The molecule has 0 fully saturated rings. The van der Waals surface area contributed by atoms with Crippen LogP contribution in [0, 0.1) is 0 Å². The number of carbonyl (C=O) groups is 3. The van der Waals surface area contributed by atoms with Gasteiger partial charge in [0.05, 0.1) is 0 Å². The number of allylic oxidation sites excluding steroid dienone is 14. The maximum atomic E-state index is 12.9. The fraction of sp³-hybridized carbons (Fsp3) is 0.776. The van der Waals surface area contributed by atoms with Crippen LogP contribution in [0.3, 0.4) is 0 Å². The van der Waals surface area contributed by atoms with Crippen LogP contribution in [0.1, 0.15) is 361 Å². The molecule has 0 aromatic heterocycles. The molecule has 1 unspecified atom stereocenters. The summed E-state index contributed by atoms with van der Waals surface area (Å²) in [4.78, 5) is 38.4. The highest BCUT2D eigenvalue weighted by molar-refractivity contribution is 5.71. The van der Waals surface area contributed by atoms with Crippen molar-refractivity contribution in [3.05, 3.63) is 85.1 Å². The van der Waals surface area contributed by atoms with Gasteiger partial charge in [-0.05, 0) is 96.3 Å². The van der Waals surface area contributed by atoms with Gasteiger partial charge in [0.2, 0.25) is 0 Å². The number of ether oxygens (including phenoxy) is 3. The van der Waals surface area contributed by atoms with Crippen molar-refractivity contribution in [2.45, 2.75) is 367 Å². The summed E-state index contributed by atoms with van der Waals surface area (Å²) in [6, 6.07) is 0. The molecule has 0 spiro atoms. The topological polar surface area (TPSA) is 78.9 Å². The Balaban J connectivity index is 4.31. The van der Waals surface area contributed by atoms with E-state index in [4.69, 9.17) is 14.2 Å². The van der Waals surface area contributed by atoms with Crippen molar-refractivity contribution < 1.29 is 28.6 Å². The van der Waals surface area contributed by atoms with Gasteiger partial charge in [-0.15, -0.1) is 0 Å². The summed E-state index contributed by atoms with van der Waals surface area (Å²) in [6.07, 6.45) is 93.3. The lowest BCUT2D eigenvalue weighted by Crippen LogP contribution is -2.30. The largest absolute Gasteiger partial charge is 0.462 e. The highest BCUT2D eigenvalue weighted by Crippen LogP contribution is 2.18. The van der Waals surface area contributed by atoms with Gasteiger partial charge in [0.25, 0.3) is 0 Å². The Morgan fingerprint density at radius 2 is 0.476 bits per heavy atom. The minimum atomic E-state index is -0.799. The molecule has 0 aliphatic carbocycles. The third kappa shape index (κ3) is 67.4. The highest BCUT2D eigenvalue weighted by atomic mass is 16.6. The fourth-order valence-corrected chi connectivity index (χ4v) is 10.3. The molecular weight excluding hydrogens is 1010 g/mol. The van der Waals surface area contributed by atoms with Crippen LogP contribution in [0.5, 0.6) is 0 Å². The second kappa shape index (κ2) is 70.1. The molecule has 0 radical (unpaired) electrons. The molecule has 0 N–H and O–H groups in total. The van der Waals surface area contributed by atoms with Crippen LogP contribution in [-0.4, -0.2) is 37.2 Å². The van der Waals surface area contributed by atoms with Gasteiger partial charge in [0.1, 0.15) is 13.2 Å². The Kier molecular flexibility index (Phi) is 67.2. The second-order valence-corrected chi connectivity index (χ2v) is 23.8. The summed E-state index contributed by atoms with van der Waals surface area (Å²) >= 11 is 0. The van der Waals surface area contributed by atoms with Crippen molar-refractivity contribution >= 4 is 17.9 Å². The Hall–Kier alpha value is -3.41. The predicted octanol–water partition coefficient (Wildman–Crippen LogP) is 24.6. The van der Waals surface area contributed by atoms with Crippen molar-refractivity contribution in [3.8, 4) is 0 Å². The molecule has 0 rings (SSSR count). The number of hydrogen-bond donors (Lipinski definition) is 0. The van der Waals surface area contributed by atoms with Crippen molar-refractivity contribution in [2.24, 2.45) is 0 Å². The highest BCUT2D eigenvalue weighted by Gasteiger charge is 2.19. The van der Waals surface area contributed by atoms with Crippen molar-refractivity contribution in [2.75, 3.05) is 13.2 Å². The maximum absolute atomic E-state index is 12.9. The quantitative estimate of drug-likeness (QED) is 0.0261. The summed E-state index contributed by atoms with van der Waals surface area (Å²) in [5.41, 5.74) is 0. The molecule has 0 heterocycles. The number of esters is 3.